The van der Waals surface area contributed by atoms with Crippen LogP contribution in [-0.4, -0.2) is 6.54 Å². The van der Waals surface area contributed by atoms with Crippen molar-refractivity contribution in [2.75, 3.05) is 11.9 Å². The van der Waals surface area contributed by atoms with Crippen molar-refractivity contribution in [2.24, 2.45) is 5.92 Å². The van der Waals surface area contributed by atoms with Gasteiger partial charge in [-0.05, 0) is 42.4 Å². The van der Waals surface area contributed by atoms with Gasteiger partial charge < -0.3 is 5.32 Å². The summed E-state index contributed by atoms with van der Waals surface area (Å²) in [5, 5.41) is 3.70. The number of anilines is 1. The normalized spacial score (nSPS) is 15.8. The molecule has 0 radical (unpaired) electrons. The smallest absolute Gasteiger partial charge is 0.0376 e. The summed E-state index contributed by atoms with van der Waals surface area (Å²) in [6.45, 7) is 1.13. The molecule has 1 aliphatic rings. The number of rotatable bonds is 5. The van der Waals surface area contributed by atoms with Gasteiger partial charge in [0.05, 0.1) is 0 Å². The number of para-hydroxylation sites is 1. The summed E-state index contributed by atoms with van der Waals surface area (Å²) in [5.74, 6) is 0.864. The molecule has 0 unspecified atom stereocenters. The van der Waals surface area contributed by atoms with Crippen LogP contribution in [0.1, 0.15) is 43.2 Å². The minimum atomic E-state index is 0.864. The zero-order valence-corrected chi connectivity index (χ0v) is 12.7. The molecule has 21 heavy (non-hydrogen) atoms. The van der Waals surface area contributed by atoms with E-state index >= 15 is 0 Å². The van der Waals surface area contributed by atoms with E-state index in [2.05, 4.69) is 59.9 Å². The molecule has 1 nitrogen and oxygen atoms in total. The van der Waals surface area contributed by atoms with Crippen LogP contribution in [0.25, 0.3) is 0 Å². The third kappa shape index (κ3) is 4.10. The molecule has 2 aromatic rings. The summed E-state index contributed by atoms with van der Waals surface area (Å²) in [6.07, 6.45) is 8.06. The van der Waals surface area contributed by atoms with Gasteiger partial charge in [0.15, 0.2) is 0 Å². The van der Waals surface area contributed by atoms with E-state index in [1.165, 1.54) is 48.9 Å². The number of hydrogen-bond acceptors (Lipinski definition) is 1. The summed E-state index contributed by atoms with van der Waals surface area (Å²) in [6, 6.07) is 19.5. The Morgan fingerprint density at radius 2 is 1.52 bits per heavy atom. The van der Waals surface area contributed by atoms with E-state index in [9.17, 15) is 0 Å². The fourth-order valence-electron chi connectivity index (χ4n) is 3.31. The first kappa shape index (κ1) is 14.2. The fourth-order valence-corrected chi connectivity index (χ4v) is 3.31. The first-order chi connectivity index (χ1) is 10.4. The molecule has 0 heterocycles. The van der Waals surface area contributed by atoms with Crippen molar-refractivity contribution >= 4 is 5.69 Å². The zero-order valence-electron chi connectivity index (χ0n) is 12.7. The lowest BCUT2D eigenvalue weighted by Crippen LogP contribution is -2.17. The Kier molecular flexibility index (Phi) is 4.94. The van der Waals surface area contributed by atoms with E-state index in [-0.39, 0.29) is 0 Å². The average molecular weight is 279 g/mol. The van der Waals surface area contributed by atoms with Gasteiger partial charge in [0.2, 0.25) is 0 Å². The molecule has 0 aromatic heterocycles. The highest BCUT2D eigenvalue weighted by atomic mass is 14.9. The van der Waals surface area contributed by atoms with Crippen LogP contribution in [0, 0.1) is 5.92 Å². The van der Waals surface area contributed by atoms with Crippen LogP contribution in [0.15, 0.2) is 54.6 Å². The van der Waals surface area contributed by atoms with Crippen molar-refractivity contribution in [3.8, 4) is 0 Å². The van der Waals surface area contributed by atoms with Crippen LogP contribution in [0.3, 0.4) is 0 Å². The summed E-state index contributed by atoms with van der Waals surface area (Å²) < 4.78 is 0. The Labute approximate surface area is 128 Å². The van der Waals surface area contributed by atoms with Crippen LogP contribution >= 0.6 is 0 Å². The summed E-state index contributed by atoms with van der Waals surface area (Å²) >= 11 is 0. The molecule has 0 aliphatic heterocycles. The Hall–Kier alpha value is -1.76. The number of hydrogen-bond donors (Lipinski definition) is 1. The summed E-state index contributed by atoms with van der Waals surface area (Å²) in [4.78, 5) is 0. The molecule has 1 fully saturated rings. The predicted molar refractivity (Wildman–Crippen MR) is 90.8 cm³/mol. The molecular weight excluding hydrogens is 254 g/mol. The maximum Gasteiger partial charge on any atom is 0.0376 e. The third-order valence-corrected chi connectivity index (χ3v) is 4.56. The zero-order chi connectivity index (χ0) is 14.3. The van der Waals surface area contributed by atoms with E-state index < -0.39 is 0 Å². The lowest BCUT2D eigenvalue weighted by atomic mass is 9.89. The van der Waals surface area contributed by atoms with Gasteiger partial charge in [-0.1, -0.05) is 67.8 Å². The van der Waals surface area contributed by atoms with Crippen molar-refractivity contribution < 1.29 is 0 Å². The second-order valence-electron chi connectivity index (χ2n) is 6.20. The average Bonchev–Trinajstić information content (AvgIpc) is 2.56. The second-order valence-corrected chi connectivity index (χ2v) is 6.20. The molecule has 110 valence electrons. The highest BCUT2D eigenvalue weighted by molar-refractivity contribution is 5.52. The van der Waals surface area contributed by atoms with Crippen LogP contribution in [0.2, 0.25) is 0 Å². The first-order valence-corrected chi connectivity index (χ1v) is 8.27. The van der Waals surface area contributed by atoms with Crippen molar-refractivity contribution in [2.45, 2.75) is 38.5 Å². The van der Waals surface area contributed by atoms with E-state index in [1.54, 1.807) is 0 Å². The quantitative estimate of drug-likeness (QED) is 0.786. The molecule has 1 heteroatoms. The van der Waals surface area contributed by atoms with E-state index in [0.29, 0.717) is 0 Å². The second kappa shape index (κ2) is 7.31. The Morgan fingerprint density at radius 1 is 0.810 bits per heavy atom. The van der Waals surface area contributed by atoms with E-state index in [0.717, 1.165) is 18.9 Å². The van der Waals surface area contributed by atoms with E-state index in [1.807, 2.05) is 0 Å². The van der Waals surface area contributed by atoms with Gasteiger partial charge in [0.25, 0.3) is 0 Å². The number of benzene rings is 2. The lowest BCUT2D eigenvalue weighted by Gasteiger charge is -2.23. The van der Waals surface area contributed by atoms with Crippen molar-refractivity contribution in [1.82, 2.24) is 0 Å². The molecule has 1 aliphatic carbocycles. The van der Waals surface area contributed by atoms with Crippen molar-refractivity contribution in [1.29, 1.82) is 0 Å². The Bertz CT molecular complexity index is 541. The molecule has 3 rings (SSSR count). The summed E-state index contributed by atoms with van der Waals surface area (Å²) in [7, 11) is 0. The van der Waals surface area contributed by atoms with Gasteiger partial charge in [-0.15, -0.1) is 0 Å². The molecule has 0 bridgehead atoms. The summed E-state index contributed by atoms with van der Waals surface area (Å²) in [5.41, 5.74) is 4.09. The van der Waals surface area contributed by atoms with E-state index in [4.69, 9.17) is 0 Å². The standard InChI is InChI=1S/C20H25N/c1-3-9-17(10-4-1)15-19-13-7-8-14-20(19)21-16-18-11-5-2-6-12-18/h1,3-4,7-10,13-14,18,21H,2,5-6,11-12,15-16H2. The first-order valence-electron chi connectivity index (χ1n) is 8.27. The molecule has 0 atom stereocenters. The minimum Gasteiger partial charge on any atom is -0.385 e. The Balaban J connectivity index is 1.64. The molecule has 0 amide bonds. The molecule has 2 aromatic carbocycles. The largest absolute Gasteiger partial charge is 0.385 e. The monoisotopic (exact) mass is 279 g/mol. The molecule has 0 spiro atoms. The lowest BCUT2D eigenvalue weighted by molar-refractivity contribution is 0.373. The predicted octanol–water partition coefficient (Wildman–Crippen LogP) is 5.27. The van der Waals surface area contributed by atoms with Gasteiger partial charge in [0, 0.05) is 12.2 Å². The molecule has 0 saturated heterocycles. The molecule has 1 N–H and O–H groups in total. The van der Waals surface area contributed by atoms with Crippen LogP contribution in [0.4, 0.5) is 5.69 Å². The van der Waals surface area contributed by atoms with Crippen LogP contribution < -0.4 is 5.32 Å². The van der Waals surface area contributed by atoms with Gasteiger partial charge in [-0.2, -0.15) is 0 Å². The molecular formula is C20H25N. The topological polar surface area (TPSA) is 12.0 Å². The van der Waals surface area contributed by atoms with Crippen molar-refractivity contribution in [3.05, 3.63) is 65.7 Å². The van der Waals surface area contributed by atoms with Gasteiger partial charge in [-0.3, -0.25) is 0 Å². The van der Waals surface area contributed by atoms with Gasteiger partial charge >= 0.3 is 0 Å². The number of nitrogens with one attached hydrogen (secondary N) is 1. The maximum atomic E-state index is 3.70. The highest BCUT2D eigenvalue weighted by Crippen LogP contribution is 2.25. The fraction of sp³-hybridized carbons (Fsp3) is 0.400. The van der Waals surface area contributed by atoms with Crippen LogP contribution in [0.5, 0.6) is 0 Å². The highest BCUT2D eigenvalue weighted by Gasteiger charge is 2.13. The van der Waals surface area contributed by atoms with Gasteiger partial charge in [0.1, 0.15) is 0 Å². The Morgan fingerprint density at radius 3 is 2.33 bits per heavy atom. The van der Waals surface area contributed by atoms with Crippen LogP contribution in [-0.2, 0) is 6.42 Å². The van der Waals surface area contributed by atoms with Crippen molar-refractivity contribution in [3.63, 3.8) is 0 Å². The minimum absolute atomic E-state index is 0.864. The SMILES string of the molecule is c1ccc(Cc2ccccc2NCC2CCCCC2)cc1. The molecule has 1 saturated carbocycles. The maximum absolute atomic E-state index is 3.70. The van der Waals surface area contributed by atoms with Gasteiger partial charge in [-0.25, -0.2) is 0 Å². The third-order valence-electron chi connectivity index (χ3n) is 4.56.